The zero-order valence-corrected chi connectivity index (χ0v) is 17.5. The molecule has 3 aromatic rings. The highest BCUT2D eigenvalue weighted by atomic mass is 19.4. The predicted molar refractivity (Wildman–Crippen MR) is 105 cm³/mol. The molecular formula is C22H16F5N3O4. The standard InChI is InChI=1S/C22H16F5N3O4/c1-10(11-2-5-16-17(7-11)34-22(26,27)33-16)32-13-6-12(8-28-9-13)14-3-4-15(31)19-18(14)20(30-29-19)21(23,24)25/h2,5-10,14H,3-4H2,1H3,(H,29,30)/t10-,14?/m0/s1. The van der Waals surface area contributed by atoms with Crippen LogP contribution in [0.25, 0.3) is 0 Å². The molecular weight excluding hydrogens is 465 g/mol. The van der Waals surface area contributed by atoms with Gasteiger partial charge in [0.25, 0.3) is 0 Å². The molecule has 0 saturated heterocycles. The first-order valence-corrected chi connectivity index (χ1v) is 10.2. The van der Waals surface area contributed by atoms with E-state index in [0.717, 1.165) is 0 Å². The third-order valence-electron chi connectivity index (χ3n) is 5.70. The smallest absolute Gasteiger partial charge is 0.484 e. The SMILES string of the molecule is C[C@H](Oc1cncc(C2CCC(=O)c3n[nH]c(C(F)(F)F)c32)c1)c1ccc2c(c1)OC(F)(F)O2. The van der Waals surface area contributed by atoms with Crippen molar-refractivity contribution in [2.45, 2.75) is 44.3 Å². The van der Waals surface area contributed by atoms with Gasteiger partial charge in [-0.1, -0.05) is 6.07 Å². The number of aromatic nitrogens is 3. The van der Waals surface area contributed by atoms with Crippen molar-refractivity contribution in [3.63, 3.8) is 0 Å². The Kier molecular flexibility index (Phi) is 4.99. The van der Waals surface area contributed by atoms with Gasteiger partial charge in [0, 0.05) is 24.1 Å². The van der Waals surface area contributed by atoms with E-state index in [-0.39, 0.29) is 41.3 Å². The second kappa shape index (κ2) is 7.67. The van der Waals surface area contributed by atoms with E-state index >= 15 is 0 Å². The molecule has 1 aliphatic heterocycles. The van der Waals surface area contributed by atoms with Gasteiger partial charge >= 0.3 is 12.5 Å². The third-order valence-corrected chi connectivity index (χ3v) is 5.70. The number of benzene rings is 1. The van der Waals surface area contributed by atoms with Crippen molar-refractivity contribution >= 4 is 5.78 Å². The molecule has 7 nitrogen and oxygen atoms in total. The van der Waals surface area contributed by atoms with Crippen LogP contribution in [0.3, 0.4) is 0 Å². The van der Waals surface area contributed by atoms with Crippen LogP contribution in [0.4, 0.5) is 22.0 Å². The first-order valence-electron chi connectivity index (χ1n) is 10.2. The summed E-state index contributed by atoms with van der Waals surface area (Å²) in [5, 5.41) is 5.57. The molecule has 12 heteroatoms. The largest absolute Gasteiger partial charge is 0.586 e. The molecule has 34 heavy (non-hydrogen) atoms. The van der Waals surface area contributed by atoms with Crippen LogP contribution in [0.1, 0.15) is 64.7 Å². The number of nitrogens with zero attached hydrogens (tertiary/aromatic N) is 2. The summed E-state index contributed by atoms with van der Waals surface area (Å²) < 4.78 is 81.8. The second-order valence-electron chi connectivity index (χ2n) is 7.96. The highest BCUT2D eigenvalue weighted by Gasteiger charge is 2.44. The Hall–Kier alpha value is -3.70. The number of Topliss-reactive ketones (excluding diaryl/α,β-unsaturated/α-hetero) is 1. The zero-order chi connectivity index (χ0) is 24.3. The van der Waals surface area contributed by atoms with Crippen molar-refractivity contribution < 1.29 is 41.0 Å². The van der Waals surface area contributed by atoms with Crippen molar-refractivity contribution in [2.24, 2.45) is 0 Å². The Bertz CT molecular complexity index is 1270. The van der Waals surface area contributed by atoms with Gasteiger partial charge in [0.05, 0.1) is 6.20 Å². The number of hydrogen-bond donors (Lipinski definition) is 1. The first-order chi connectivity index (χ1) is 16.0. The number of pyridine rings is 1. The molecule has 2 atom stereocenters. The van der Waals surface area contributed by atoms with Crippen LogP contribution in [0, 0.1) is 0 Å². The quantitative estimate of drug-likeness (QED) is 0.503. The number of fused-ring (bicyclic) bond motifs is 2. The maximum atomic E-state index is 13.5. The van der Waals surface area contributed by atoms with Gasteiger partial charge in [0.15, 0.2) is 17.3 Å². The van der Waals surface area contributed by atoms with Gasteiger partial charge in [-0.05, 0) is 42.7 Å². The minimum absolute atomic E-state index is 0.0448. The lowest BCUT2D eigenvalue weighted by atomic mass is 9.80. The number of carbonyl (C=O) groups is 1. The lowest BCUT2D eigenvalue weighted by Gasteiger charge is -2.24. The van der Waals surface area contributed by atoms with E-state index in [0.29, 0.717) is 11.1 Å². The maximum Gasteiger partial charge on any atom is 0.586 e. The summed E-state index contributed by atoms with van der Waals surface area (Å²) in [6.45, 7) is 1.66. The minimum Gasteiger partial charge on any atom is -0.484 e. The molecule has 0 fully saturated rings. The molecule has 0 radical (unpaired) electrons. The molecule has 0 bridgehead atoms. The molecule has 0 spiro atoms. The predicted octanol–water partition coefficient (Wildman–Crippen LogP) is 5.39. The number of nitrogens with one attached hydrogen (secondary N) is 1. The lowest BCUT2D eigenvalue weighted by molar-refractivity contribution is -0.286. The van der Waals surface area contributed by atoms with E-state index in [2.05, 4.69) is 19.6 Å². The number of ether oxygens (including phenoxy) is 3. The monoisotopic (exact) mass is 481 g/mol. The van der Waals surface area contributed by atoms with Crippen LogP contribution in [0.15, 0.2) is 36.7 Å². The Balaban J connectivity index is 1.41. The van der Waals surface area contributed by atoms with Crippen LogP contribution in [0.2, 0.25) is 0 Å². The zero-order valence-electron chi connectivity index (χ0n) is 17.5. The molecule has 1 N–H and O–H groups in total. The second-order valence-corrected chi connectivity index (χ2v) is 7.96. The summed E-state index contributed by atoms with van der Waals surface area (Å²) in [5.41, 5.74) is -0.550. The van der Waals surface area contributed by atoms with Gasteiger partial charge in [-0.2, -0.15) is 18.3 Å². The van der Waals surface area contributed by atoms with Crippen LogP contribution < -0.4 is 14.2 Å². The fraction of sp³-hybridized carbons (Fsp3) is 0.318. The Morgan fingerprint density at radius 3 is 2.71 bits per heavy atom. The van der Waals surface area contributed by atoms with E-state index in [1.807, 2.05) is 5.10 Å². The summed E-state index contributed by atoms with van der Waals surface area (Å²) in [6, 6.07) is 5.77. The minimum atomic E-state index is -4.71. The number of H-pyrrole nitrogens is 1. The molecule has 1 aromatic carbocycles. The number of hydrogen-bond acceptors (Lipinski definition) is 6. The van der Waals surface area contributed by atoms with Gasteiger partial charge in [0.2, 0.25) is 0 Å². The van der Waals surface area contributed by atoms with Crippen molar-refractivity contribution in [3.05, 3.63) is 64.7 Å². The van der Waals surface area contributed by atoms with Crippen molar-refractivity contribution in [2.75, 3.05) is 0 Å². The summed E-state index contributed by atoms with van der Waals surface area (Å²) in [4.78, 5) is 16.2. The lowest BCUT2D eigenvalue weighted by Crippen LogP contribution is -2.25. The molecule has 2 aliphatic rings. The Morgan fingerprint density at radius 1 is 1.18 bits per heavy atom. The molecule has 2 aromatic heterocycles. The molecule has 3 heterocycles. The fourth-order valence-corrected chi connectivity index (χ4v) is 4.17. The number of alkyl halides is 5. The van der Waals surface area contributed by atoms with Gasteiger partial charge in [-0.15, -0.1) is 8.78 Å². The number of halogens is 5. The van der Waals surface area contributed by atoms with Crippen LogP contribution in [-0.4, -0.2) is 27.3 Å². The van der Waals surface area contributed by atoms with Crippen LogP contribution in [-0.2, 0) is 6.18 Å². The van der Waals surface area contributed by atoms with E-state index in [1.165, 1.54) is 30.6 Å². The van der Waals surface area contributed by atoms with Crippen molar-refractivity contribution in [1.29, 1.82) is 0 Å². The molecule has 1 unspecified atom stereocenters. The molecule has 5 rings (SSSR count). The van der Waals surface area contributed by atoms with E-state index in [9.17, 15) is 26.7 Å². The average molecular weight is 481 g/mol. The average Bonchev–Trinajstić information content (AvgIpc) is 3.34. The number of rotatable bonds is 4. The highest BCUT2D eigenvalue weighted by molar-refractivity contribution is 5.97. The van der Waals surface area contributed by atoms with E-state index in [1.54, 1.807) is 13.0 Å². The van der Waals surface area contributed by atoms with Gasteiger partial charge in [-0.3, -0.25) is 14.9 Å². The maximum absolute atomic E-state index is 13.5. The first kappa shape index (κ1) is 22.1. The molecule has 0 saturated carbocycles. The van der Waals surface area contributed by atoms with E-state index in [4.69, 9.17) is 4.74 Å². The number of ketones is 1. The van der Waals surface area contributed by atoms with E-state index < -0.39 is 36.0 Å². The van der Waals surface area contributed by atoms with Crippen LogP contribution >= 0.6 is 0 Å². The van der Waals surface area contributed by atoms with Crippen molar-refractivity contribution in [1.82, 2.24) is 15.2 Å². The normalized spacial score (nSPS) is 19.6. The number of carbonyl (C=O) groups excluding carboxylic acids is 1. The molecule has 1 aliphatic carbocycles. The summed E-state index contributed by atoms with van der Waals surface area (Å²) in [6.07, 6.45) is -6.08. The van der Waals surface area contributed by atoms with Crippen molar-refractivity contribution in [3.8, 4) is 17.2 Å². The summed E-state index contributed by atoms with van der Waals surface area (Å²) in [5.74, 6) is -1.21. The highest BCUT2D eigenvalue weighted by Crippen LogP contribution is 2.44. The van der Waals surface area contributed by atoms with Crippen LogP contribution in [0.5, 0.6) is 17.2 Å². The Morgan fingerprint density at radius 2 is 1.94 bits per heavy atom. The number of aromatic amines is 1. The molecule has 178 valence electrons. The fourth-order valence-electron chi connectivity index (χ4n) is 4.17. The van der Waals surface area contributed by atoms with Gasteiger partial charge in [-0.25, -0.2) is 0 Å². The van der Waals surface area contributed by atoms with Gasteiger partial charge in [0.1, 0.15) is 23.2 Å². The summed E-state index contributed by atoms with van der Waals surface area (Å²) in [7, 11) is 0. The topological polar surface area (TPSA) is 86.3 Å². The Labute approximate surface area is 188 Å². The van der Waals surface area contributed by atoms with Gasteiger partial charge < -0.3 is 14.2 Å². The molecule has 0 amide bonds. The third kappa shape index (κ3) is 3.93. The summed E-state index contributed by atoms with van der Waals surface area (Å²) >= 11 is 0.